The van der Waals surface area contributed by atoms with Crippen molar-refractivity contribution in [3.63, 3.8) is 0 Å². The van der Waals surface area contributed by atoms with E-state index in [9.17, 15) is 9.59 Å². The molecule has 6 nitrogen and oxygen atoms in total. The highest BCUT2D eigenvalue weighted by atomic mass is 35.5. The summed E-state index contributed by atoms with van der Waals surface area (Å²) in [6, 6.07) is -0.539. The number of carbonyl (C=O) groups is 2. The summed E-state index contributed by atoms with van der Waals surface area (Å²) >= 11 is 1.58. The number of esters is 1. The van der Waals surface area contributed by atoms with E-state index in [4.69, 9.17) is 15.2 Å². The lowest BCUT2D eigenvalue weighted by molar-refractivity contribution is -0.150. The smallest absolute Gasteiger partial charge is 0.355 e. The van der Waals surface area contributed by atoms with Crippen LogP contribution in [0.1, 0.15) is 12.8 Å². The molecule has 2 N–H and O–H groups in total. The van der Waals surface area contributed by atoms with Gasteiger partial charge in [-0.25, -0.2) is 4.79 Å². The van der Waals surface area contributed by atoms with Crippen LogP contribution in [0.5, 0.6) is 0 Å². The minimum atomic E-state index is -0.539. The van der Waals surface area contributed by atoms with E-state index in [1.165, 1.54) is 11.0 Å². The summed E-state index contributed by atoms with van der Waals surface area (Å²) in [4.78, 5) is 25.8. The summed E-state index contributed by atoms with van der Waals surface area (Å²) in [5, 5.41) is -0.172. The molecule has 3 aliphatic rings. The van der Waals surface area contributed by atoms with Gasteiger partial charge in [0.15, 0.2) is 0 Å². The van der Waals surface area contributed by atoms with Gasteiger partial charge in [0, 0.05) is 12.4 Å². The van der Waals surface area contributed by atoms with Crippen molar-refractivity contribution in [2.24, 2.45) is 5.73 Å². The number of fused-ring (bicyclic) bond motifs is 1. The topological polar surface area (TPSA) is 81.9 Å². The largest absolute Gasteiger partial charge is 0.457 e. The molecule has 0 bridgehead atoms. The lowest BCUT2D eigenvalue weighted by Gasteiger charge is -2.48. The van der Waals surface area contributed by atoms with E-state index in [0.717, 1.165) is 18.4 Å². The van der Waals surface area contributed by atoms with Crippen LogP contribution < -0.4 is 5.73 Å². The van der Waals surface area contributed by atoms with Gasteiger partial charge in [0.1, 0.15) is 23.7 Å². The van der Waals surface area contributed by atoms with Gasteiger partial charge in [0.2, 0.25) is 5.91 Å². The molecule has 3 aliphatic heterocycles. The van der Waals surface area contributed by atoms with Crippen molar-refractivity contribution in [1.29, 1.82) is 0 Å². The zero-order valence-electron chi connectivity index (χ0n) is 12.0. The summed E-state index contributed by atoms with van der Waals surface area (Å²) in [5.74, 6) is -0.0788. The Balaban J connectivity index is 0.00000176. The van der Waals surface area contributed by atoms with E-state index in [1.807, 2.05) is 0 Å². The molecule has 0 aromatic rings. The molecule has 122 valence electrons. The van der Waals surface area contributed by atoms with Gasteiger partial charge >= 0.3 is 5.97 Å². The van der Waals surface area contributed by atoms with Crippen LogP contribution in [0.2, 0.25) is 0 Å². The standard InChI is InChI=1S/C14H18N2O4S.ClH/c1-2-5-20-14(18)11-8(9-4-3-6-19-9)7-21-13-10(15)12(17)16(11)13;/h2,9-10,13H,1,3-7,15H2;1H/t9-,10+,13+;/m0./s1. The predicted octanol–water partition coefficient (Wildman–Crippen LogP) is 0.813. The SMILES string of the molecule is C=CCOC(=O)C1=C([C@@H]2CCCO2)CS[C@@H]2[C@H](N)C(=O)N12.Cl. The van der Waals surface area contributed by atoms with Gasteiger partial charge < -0.3 is 15.2 Å². The van der Waals surface area contributed by atoms with Crippen molar-refractivity contribution in [3.05, 3.63) is 23.9 Å². The fraction of sp³-hybridized carbons (Fsp3) is 0.571. The summed E-state index contributed by atoms with van der Waals surface area (Å²) in [5.41, 5.74) is 6.99. The number of ether oxygens (including phenoxy) is 2. The number of amides is 1. The van der Waals surface area contributed by atoms with Crippen LogP contribution in [0.3, 0.4) is 0 Å². The first-order chi connectivity index (χ1) is 10.1. The van der Waals surface area contributed by atoms with Gasteiger partial charge in [-0.3, -0.25) is 9.69 Å². The maximum atomic E-state index is 12.3. The predicted molar refractivity (Wildman–Crippen MR) is 85.5 cm³/mol. The Morgan fingerprint density at radius 1 is 1.59 bits per heavy atom. The Hall–Kier alpha value is -1.02. The molecule has 2 fully saturated rings. The molecule has 8 heteroatoms. The number of rotatable bonds is 4. The molecular formula is C14H19ClN2O4S. The van der Waals surface area contributed by atoms with E-state index < -0.39 is 12.0 Å². The molecule has 0 aromatic heterocycles. The number of halogens is 1. The quantitative estimate of drug-likeness (QED) is 0.461. The number of thioether (sulfide) groups is 1. The second-order valence-electron chi connectivity index (χ2n) is 5.20. The first kappa shape index (κ1) is 17.3. The normalized spacial score (nSPS) is 30.3. The van der Waals surface area contributed by atoms with Crippen molar-refractivity contribution >= 4 is 36.0 Å². The number of hydrogen-bond acceptors (Lipinski definition) is 6. The molecule has 0 aliphatic carbocycles. The molecule has 3 rings (SSSR count). The van der Waals surface area contributed by atoms with Gasteiger partial charge in [-0.2, -0.15) is 0 Å². The van der Waals surface area contributed by atoms with Crippen molar-refractivity contribution in [1.82, 2.24) is 4.90 Å². The number of hydrogen-bond donors (Lipinski definition) is 1. The number of nitrogens with zero attached hydrogens (tertiary/aromatic N) is 1. The summed E-state index contributed by atoms with van der Waals surface area (Å²) in [6.07, 6.45) is 3.23. The molecule has 0 spiro atoms. The molecular weight excluding hydrogens is 328 g/mol. The van der Waals surface area contributed by atoms with Crippen LogP contribution in [0.4, 0.5) is 0 Å². The second-order valence-corrected chi connectivity index (χ2v) is 6.30. The van der Waals surface area contributed by atoms with Crippen LogP contribution in [0.15, 0.2) is 23.9 Å². The minimum Gasteiger partial charge on any atom is -0.457 e. The maximum Gasteiger partial charge on any atom is 0.355 e. The highest BCUT2D eigenvalue weighted by Crippen LogP contribution is 2.42. The zero-order chi connectivity index (χ0) is 15.0. The van der Waals surface area contributed by atoms with Gasteiger partial charge in [0.05, 0.1) is 6.10 Å². The van der Waals surface area contributed by atoms with E-state index in [2.05, 4.69) is 6.58 Å². The fourth-order valence-electron chi connectivity index (χ4n) is 2.83. The summed E-state index contributed by atoms with van der Waals surface area (Å²) in [6.45, 7) is 4.33. The van der Waals surface area contributed by atoms with Gasteiger partial charge in [-0.15, -0.1) is 24.2 Å². The van der Waals surface area contributed by atoms with E-state index in [0.29, 0.717) is 18.1 Å². The number of carbonyl (C=O) groups excluding carboxylic acids is 2. The van der Waals surface area contributed by atoms with Gasteiger partial charge in [0.25, 0.3) is 0 Å². The third-order valence-corrected chi connectivity index (χ3v) is 5.21. The van der Waals surface area contributed by atoms with Gasteiger partial charge in [-0.1, -0.05) is 12.7 Å². The summed E-state index contributed by atoms with van der Waals surface area (Å²) < 4.78 is 10.8. The van der Waals surface area contributed by atoms with Crippen molar-refractivity contribution < 1.29 is 19.1 Å². The van der Waals surface area contributed by atoms with Crippen LogP contribution in [-0.2, 0) is 19.1 Å². The van der Waals surface area contributed by atoms with Crippen LogP contribution >= 0.6 is 24.2 Å². The average Bonchev–Trinajstić information content (AvgIpc) is 3.04. The average molecular weight is 347 g/mol. The molecule has 22 heavy (non-hydrogen) atoms. The van der Waals surface area contributed by atoms with Crippen molar-refractivity contribution in [3.8, 4) is 0 Å². The van der Waals surface area contributed by atoms with Crippen LogP contribution in [-0.4, -0.2) is 53.3 Å². The molecule has 1 amide bonds. The molecule has 0 unspecified atom stereocenters. The third-order valence-electron chi connectivity index (χ3n) is 3.88. The summed E-state index contributed by atoms with van der Waals surface area (Å²) in [7, 11) is 0. The molecule has 0 saturated carbocycles. The maximum absolute atomic E-state index is 12.3. The lowest BCUT2D eigenvalue weighted by atomic mass is 10.00. The molecule has 2 saturated heterocycles. The Morgan fingerprint density at radius 3 is 3.00 bits per heavy atom. The molecule has 0 radical (unpaired) electrons. The van der Waals surface area contributed by atoms with Crippen molar-refractivity contribution in [2.45, 2.75) is 30.4 Å². The van der Waals surface area contributed by atoms with E-state index >= 15 is 0 Å². The molecule has 3 atom stereocenters. The Kier molecular flexibility index (Phi) is 5.55. The van der Waals surface area contributed by atoms with E-state index in [-0.39, 0.29) is 36.4 Å². The Bertz CT molecular complexity index is 519. The first-order valence-electron chi connectivity index (χ1n) is 6.98. The number of nitrogens with two attached hydrogens (primary N) is 1. The lowest BCUT2D eigenvalue weighted by Crippen LogP contribution is -2.68. The molecule has 0 aromatic carbocycles. The van der Waals surface area contributed by atoms with Crippen LogP contribution in [0, 0.1) is 0 Å². The first-order valence-corrected chi connectivity index (χ1v) is 8.03. The minimum absolute atomic E-state index is 0. The second kappa shape index (κ2) is 7.04. The van der Waals surface area contributed by atoms with Crippen molar-refractivity contribution in [2.75, 3.05) is 19.0 Å². The molecule has 3 heterocycles. The zero-order valence-corrected chi connectivity index (χ0v) is 13.7. The highest BCUT2D eigenvalue weighted by Gasteiger charge is 2.53. The Labute approximate surface area is 139 Å². The third kappa shape index (κ3) is 2.78. The van der Waals surface area contributed by atoms with Gasteiger partial charge in [-0.05, 0) is 18.4 Å². The number of β-lactam (4-membered cyclic amide) rings is 1. The monoisotopic (exact) mass is 346 g/mol. The van der Waals surface area contributed by atoms with E-state index in [1.54, 1.807) is 11.8 Å². The highest BCUT2D eigenvalue weighted by molar-refractivity contribution is 8.00. The van der Waals surface area contributed by atoms with Crippen LogP contribution in [0.25, 0.3) is 0 Å². The Morgan fingerprint density at radius 2 is 2.36 bits per heavy atom. The fourth-order valence-corrected chi connectivity index (χ4v) is 4.19.